The van der Waals surface area contributed by atoms with Gasteiger partial charge in [0.05, 0.1) is 26.0 Å². The second-order valence-corrected chi connectivity index (χ2v) is 15.5. The molecule has 10 aromatic carbocycles. The number of fused-ring (bicyclic) bond motifs is 7. The predicted octanol–water partition coefficient (Wildman–Crippen LogP) is 15.4. The lowest BCUT2D eigenvalue weighted by atomic mass is 9.66. The number of hydrogen-bond acceptors (Lipinski definition) is 1. The maximum atomic E-state index is 10.1. The number of nitrogens with zero attached hydrogens (tertiary/aromatic N) is 2. The van der Waals surface area contributed by atoms with Crippen molar-refractivity contribution in [3.05, 3.63) is 265 Å². The molecule has 0 saturated heterocycles. The molecule has 1 unspecified atom stereocenters. The summed E-state index contributed by atoms with van der Waals surface area (Å²) in [5.74, 6) is 0. The second kappa shape index (κ2) is 14.1. The number of aromatic nitrogens is 1. The van der Waals surface area contributed by atoms with Crippen LogP contribution in [0.4, 0.5) is 17.1 Å². The Morgan fingerprint density at radius 3 is 1.84 bits per heavy atom. The third-order valence-electron chi connectivity index (χ3n) is 12.3. The first kappa shape index (κ1) is 28.5. The van der Waals surface area contributed by atoms with Gasteiger partial charge in [-0.2, -0.15) is 0 Å². The van der Waals surface area contributed by atoms with Crippen LogP contribution in [0.2, 0.25) is 0 Å². The van der Waals surface area contributed by atoms with E-state index in [2.05, 4.69) is 125 Å². The van der Waals surface area contributed by atoms with E-state index in [1.54, 1.807) is 0 Å². The van der Waals surface area contributed by atoms with E-state index in [1.807, 2.05) is 84.9 Å². The Bertz CT molecular complexity index is 3810. The minimum atomic E-state index is -1.46. The normalized spacial score (nSPS) is 15.9. The van der Waals surface area contributed by atoms with Gasteiger partial charge in [-0.05, 0) is 110 Å². The zero-order chi connectivity index (χ0) is 46.4. The van der Waals surface area contributed by atoms with Crippen molar-refractivity contribution in [2.24, 2.45) is 0 Å². The Labute approximate surface area is 365 Å². The summed E-state index contributed by atoms with van der Waals surface area (Å²) in [6.45, 7) is 0. The fourth-order valence-electron chi connectivity index (χ4n) is 9.82. The largest absolute Gasteiger partial charge is 0.310 e. The molecule has 11 aromatic rings. The Hall–Kier alpha value is -7.94. The van der Waals surface area contributed by atoms with Gasteiger partial charge in [-0.15, -0.1) is 0 Å². The van der Waals surface area contributed by atoms with Crippen molar-refractivity contribution in [3.8, 4) is 27.9 Å². The van der Waals surface area contributed by atoms with Crippen molar-refractivity contribution >= 4 is 49.6 Å². The monoisotopic (exact) mass is 783 g/mol. The number of anilines is 3. The minimum absolute atomic E-state index is 0.0533. The molecule has 0 saturated carbocycles. The molecule has 0 N–H and O–H groups in total. The molecule has 1 heterocycles. The summed E-state index contributed by atoms with van der Waals surface area (Å²) >= 11 is 0. The van der Waals surface area contributed by atoms with E-state index in [-0.39, 0.29) is 28.4 Å². The average molecular weight is 784 g/mol. The summed E-state index contributed by atoms with van der Waals surface area (Å²) in [7, 11) is 0. The van der Waals surface area contributed by atoms with Crippen LogP contribution in [0, 0.1) is 0 Å². The van der Waals surface area contributed by atoms with Gasteiger partial charge in [0, 0.05) is 33.5 Å². The molecule has 0 radical (unpaired) electrons. The van der Waals surface area contributed by atoms with Gasteiger partial charge in [-0.25, -0.2) is 0 Å². The van der Waals surface area contributed by atoms with E-state index >= 15 is 0 Å². The molecule has 1 aromatic heterocycles. The van der Waals surface area contributed by atoms with E-state index in [0.29, 0.717) is 0 Å². The van der Waals surface area contributed by atoms with E-state index in [0.717, 1.165) is 83.5 Å². The zero-order valence-electron chi connectivity index (χ0n) is 39.9. The third-order valence-corrected chi connectivity index (χ3v) is 12.3. The smallest absolute Gasteiger partial charge is 0.0740 e. The molecule has 1 aliphatic carbocycles. The van der Waals surface area contributed by atoms with Gasteiger partial charge in [0.15, 0.2) is 0 Å². The fourth-order valence-corrected chi connectivity index (χ4v) is 9.82. The van der Waals surface area contributed by atoms with E-state index in [1.165, 1.54) is 0 Å². The minimum Gasteiger partial charge on any atom is -0.310 e. The van der Waals surface area contributed by atoms with Gasteiger partial charge < -0.3 is 9.47 Å². The first-order valence-corrected chi connectivity index (χ1v) is 20.5. The van der Waals surface area contributed by atoms with Crippen LogP contribution >= 0.6 is 0 Å². The summed E-state index contributed by atoms with van der Waals surface area (Å²) in [5.41, 5.74) is 10.6. The lowest BCUT2D eigenvalue weighted by Crippen LogP contribution is -2.29. The quantitative estimate of drug-likeness (QED) is 0.156. The summed E-state index contributed by atoms with van der Waals surface area (Å²) < 4.78 is 67.8. The van der Waals surface area contributed by atoms with Crippen LogP contribution < -0.4 is 4.90 Å². The molecule has 1 atom stereocenters. The highest BCUT2D eigenvalue weighted by molar-refractivity contribution is 6.12. The molecular formula is C59H40N2. The molecule has 1 aliphatic rings. The summed E-state index contributed by atoms with van der Waals surface area (Å²) in [5, 5.41) is 1.94. The van der Waals surface area contributed by atoms with Crippen LogP contribution in [0.1, 0.15) is 31.8 Å². The molecule has 0 bridgehead atoms. The lowest BCUT2D eigenvalue weighted by molar-refractivity contribution is 0.780. The van der Waals surface area contributed by atoms with Gasteiger partial charge in [0.1, 0.15) is 0 Å². The SMILES string of the molecule is [2H]c1c([2H])c([2H])c2c(C3(c4cccc5c6ccccc6n(-c6ccccc6)c45)c4ccccc4-c4cc(N(c5ccccc5)c5ccc(-c6ccccc6)cc5)ccc43)c([2H])c([2H])c([2H])c2c1[2H]. The molecule has 286 valence electrons. The number of hydrogen-bond donors (Lipinski definition) is 0. The number of para-hydroxylation sites is 4. The van der Waals surface area contributed by atoms with E-state index in [4.69, 9.17) is 2.74 Å². The highest BCUT2D eigenvalue weighted by atomic mass is 15.1. The maximum Gasteiger partial charge on any atom is 0.0740 e. The standard InChI is InChI=1S/C59H40N2/c1-4-18-41(19-5-1)42-34-36-46(37-35-42)60(44-22-6-2-7-23-44)47-38-39-55-52(40-47)49-27-12-14-30-54(49)59(55,53-31-16-21-43-20-10-11-26-48(43)53)56-32-17-29-51-50-28-13-15-33-57(50)61(58(51)56)45-24-8-3-9-25-45/h1-40H/i10D,11D,16D,20D,21D,26D,31D. The number of benzene rings is 10. The van der Waals surface area contributed by atoms with E-state index in [9.17, 15) is 6.85 Å². The van der Waals surface area contributed by atoms with Crippen LogP contribution in [-0.4, -0.2) is 4.57 Å². The highest BCUT2D eigenvalue weighted by Crippen LogP contribution is 2.60. The summed E-state index contributed by atoms with van der Waals surface area (Å²) in [4.78, 5) is 2.23. The molecule has 2 heteroatoms. The van der Waals surface area contributed by atoms with Gasteiger partial charge in [0.2, 0.25) is 0 Å². The molecule has 0 spiro atoms. The van der Waals surface area contributed by atoms with Gasteiger partial charge in [0.25, 0.3) is 0 Å². The first-order chi connectivity index (χ1) is 33.2. The first-order valence-electron chi connectivity index (χ1n) is 24.0. The van der Waals surface area contributed by atoms with Crippen molar-refractivity contribution < 1.29 is 9.60 Å². The van der Waals surface area contributed by atoms with Gasteiger partial charge in [-0.1, -0.05) is 188 Å². The van der Waals surface area contributed by atoms with Crippen LogP contribution in [0.25, 0.3) is 60.5 Å². The lowest BCUT2D eigenvalue weighted by Gasteiger charge is -2.36. The Balaban J connectivity index is 1.24. The van der Waals surface area contributed by atoms with Gasteiger partial charge in [-0.3, -0.25) is 0 Å². The molecule has 2 nitrogen and oxygen atoms in total. The fraction of sp³-hybridized carbons (Fsp3) is 0.0169. The second-order valence-electron chi connectivity index (χ2n) is 15.5. The molecular weight excluding hydrogens is 737 g/mol. The maximum absolute atomic E-state index is 10.1. The van der Waals surface area contributed by atoms with Crippen molar-refractivity contribution in [2.75, 3.05) is 4.90 Å². The van der Waals surface area contributed by atoms with Crippen LogP contribution in [0.3, 0.4) is 0 Å². The van der Waals surface area contributed by atoms with E-state index < -0.39 is 35.6 Å². The Morgan fingerprint density at radius 1 is 0.393 bits per heavy atom. The average Bonchev–Trinajstić information content (AvgIpc) is 3.88. The van der Waals surface area contributed by atoms with Crippen LogP contribution in [-0.2, 0) is 5.41 Å². The molecule has 0 aliphatic heterocycles. The Morgan fingerprint density at radius 2 is 1.00 bits per heavy atom. The third kappa shape index (κ3) is 5.36. The molecule has 61 heavy (non-hydrogen) atoms. The topological polar surface area (TPSA) is 8.17 Å². The van der Waals surface area contributed by atoms with Crippen molar-refractivity contribution in [2.45, 2.75) is 5.41 Å². The zero-order valence-corrected chi connectivity index (χ0v) is 32.9. The van der Waals surface area contributed by atoms with Crippen molar-refractivity contribution in [3.63, 3.8) is 0 Å². The molecule has 0 fully saturated rings. The predicted molar refractivity (Wildman–Crippen MR) is 256 cm³/mol. The highest BCUT2D eigenvalue weighted by Gasteiger charge is 2.48. The van der Waals surface area contributed by atoms with Crippen molar-refractivity contribution in [1.29, 1.82) is 0 Å². The summed E-state index contributed by atoms with van der Waals surface area (Å²) in [6, 6.07) is 65.3. The Kier molecular flexibility index (Phi) is 6.59. The molecule has 12 rings (SSSR count). The van der Waals surface area contributed by atoms with Crippen molar-refractivity contribution in [1.82, 2.24) is 4.57 Å². The van der Waals surface area contributed by atoms with Crippen LogP contribution in [0.5, 0.6) is 0 Å². The molecule has 0 amide bonds. The number of rotatable bonds is 7. The van der Waals surface area contributed by atoms with Gasteiger partial charge >= 0.3 is 0 Å². The summed E-state index contributed by atoms with van der Waals surface area (Å²) in [6.07, 6.45) is 0. The van der Waals surface area contributed by atoms with Crippen LogP contribution in [0.15, 0.2) is 242 Å².